The summed E-state index contributed by atoms with van der Waals surface area (Å²) in [6, 6.07) is 23.0. The molecule has 0 atom stereocenters. The van der Waals surface area contributed by atoms with Crippen LogP contribution in [0.3, 0.4) is 0 Å². The minimum Gasteiger partial charge on any atom is -0.320 e. The van der Waals surface area contributed by atoms with Crippen LogP contribution in [0.1, 0.15) is 5.56 Å². The molecule has 0 aliphatic rings. The van der Waals surface area contributed by atoms with Crippen molar-refractivity contribution in [3.63, 3.8) is 0 Å². The Kier molecular flexibility index (Phi) is 3.01. The number of rotatable bonds is 2. The first-order valence-corrected chi connectivity index (χ1v) is 7.41. The van der Waals surface area contributed by atoms with E-state index in [0.29, 0.717) is 0 Å². The number of benzene rings is 2. The molecule has 0 radical (unpaired) electrons. The van der Waals surface area contributed by atoms with Crippen molar-refractivity contribution in [2.45, 2.75) is 6.92 Å². The van der Waals surface area contributed by atoms with Crippen LogP contribution in [-0.2, 0) is 0 Å². The molecule has 106 valence electrons. The molecule has 0 amide bonds. The third kappa shape index (κ3) is 2.19. The van der Waals surface area contributed by atoms with E-state index in [1.165, 1.54) is 5.56 Å². The third-order valence-corrected chi connectivity index (χ3v) is 3.91. The SMILES string of the molecule is Cc1ccc(-c2cn3cccc3c(-c3ccccc3)n2)cc1. The Balaban J connectivity index is 1.96. The molecule has 0 spiro atoms. The molecule has 0 saturated carbocycles. The standard InChI is InChI=1S/C20H16N2/c1-15-9-11-16(12-10-15)18-14-22-13-5-8-19(22)20(21-18)17-6-3-2-4-7-17/h2-14H,1H3. The van der Waals surface area contributed by atoms with Crippen LogP contribution in [0.25, 0.3) is 28.0 Å². The predicted molar refractivity (Wildman–Crippen MR) is 90.8 cm³/mol. The maximum absolute atomic E-state index is 4.92. The predicted octanol–water partition coefficient (Wildman–Crippen LogP) is 4.98. The van der Waals surface area contributed by atoms with Gasteiger partial charge in [0.2, 0.25) is 0 Å². The summed E-state index contributed by atoms with van der Waals surface area (Å²) in [5, 5.41) is 0. The number of fused-ring (bicyclic) bond motifs is 1. The topological polar surface area (TPSA) is 17.3 Å². The number of aromatic nitrogens is 2. The van der Waals surface area contributed by atoms with Crippen LogP contribution in [0.2, 0.25) is 0 Å². The van der Waals surface area contributed by atoms with Crippen LogP contribution in [0.15, 0.2) is 79.1 Å². The first kappa shape index (κ1) is 12.8. The molecule has 0 N–H and O–H groups in total. The van der Waals surface area contributed by atoms with E-state index in [2.05, 4.69) is 84.4 Å². The van der Waals surface area contributed by atoms with Crippen molar-refractivity contribution in [3.8, 4) is 22.5 Å². The van der Waals surface area contributed by atoms with Crippen molar-refractivity contribution in [1.29, 1.82) is 0 Å². The van der Waals surface area contributed by atoms with Crippen molar-refractivity contribution in [1.82, 2.24) is 9.38 Å². The molecule has 22 heavy (non-hydrogen) atoms. The average molecular weight is 284 g/mol. The maximum Gasteiger partial charge on any atom is 0.0950 e. The summed E-state index contributed by atoms with van der Waals surface area (Å²) < 4.78 is 2.14. The quantitative estimate of drug-likeness (QED) is 0.507. The van der Waals surface area contributed by atoms with Gasteiger partial charge in [-0.2, -0.15) is 0 Å². The Labute approximate surface area is 129 Å². The largest absolute Gasteiger partial charge is 0.320 e. The Bertz CT molecular complexity index is 919. The van der Waals surface area contributed by atoms with Crippen molar-refractivity contribution in [2.24, 2.45) is 0 Å². The number of nitrogens with zero attached hydrogens (tertiary/aromatic N) is 2. The van der Waals surface area contributed by atoms with Gasteiger partial charge in [0.25, 0.3) is 0 Å². The number of hydrogen-bond acceptors (Lipinski definition) is 1. The van der Waals surface area contributed by atoms with E-state index in [1.54, 1.807) is 0 Å². The molecule has 2 aromatic carbocycles. The zero-order valence-electron chi connectivity index (χ0n) is 12.4. The molecule has 4 aromatic rings. The fourth-order valence-electron chi connectivity index (χ4n) is 2.72. The van der Waals surface area contributed by atoms with E-state index in [1.807, 2.05) is 6.07 Å². The molecule has 0 unspecified atom stereocenters. The van der Waals surface area contributed by atoms with Gasteiger partial charge >= 0.3 is 0 Å². The fourth-order valence-corrected chi connectivity index (χ4v) is 2.72. The lowest BCUT2D eigenvalue weighted by atomic mass is 10.1. The Morgan fingerprint density at radius 3 is 2.32 bits per heavy atom. The monoisotopic (exact) mass is 284 g/mol. The fraction of sp³-hybridized carbons (Fsp3) is 0.0500. The summed E-state index contributed by atoms with van der Waals surface area (Å²) in [6.45, 7) is 2.10. The van der Waals surface area contributed by atoms with Gasteiger partial charge < -0.3 is 4.40 Å². The van der Waals surface area contributed by atoms with Gasteiger partial charge in [0.05, 0.1) is 16.9 Å². The van der Waals surface area contributed by atoms with E-state index in [-0.39, 0.29) is 0 Å². The molecular formula is C20H16N2. The van der Waals surface area contributed by atoms with Gasteiger partial charge in [-0.3, -0.25) is 0 Å². The van der Waals surface area contributed by atoms with Crippen molar-refractivity contribution < 1.29 is 0 Å². The second-order valence-corrected chi connectivity index (χ2v) is 5.51. The van der Waals surface area contributed by atoms with Crippen LogP contribution in [-0.4, -0.2) is 9.38 Å². The molecule has 0 saturated heterocycles. The number of aryl methyl sites for hydroxylation is 1. The molecule has 2 heterocycles. The first-order valence-electron chi connectivity index (χ1n) is 7.41. The average Bonchev–Trinajstić information content (AvgIpc) is 3.04. The molecule has 0 aliphatic carbocycles. The highest BCUT2D eigenvalue weighted by molar-refractivity contribution is 5.79. The Hall–Kier alpha value is -2.87. The lowest BCUT2D eigenvalue weighted by molar-refractivity contribution is 1.15. The van der Waals surface area contributed by atoms with E-state index < -0.39 is 0 Å². The minimum absolute atomic E-state index is 0.988. The molecule has 0 bridgehead atoms. The van der Waals surface area contributed by atoms with Crippen molar-refractivity contribution in [3.05, 3.63) is 84.7 Å². The maximum atomic E-state index is 4.92. The Morgan fingerprint density at radius 2 is 1.55 bits per heavy atom. The highest BCUT2D eigenvalue weighted by atomic mass is 14.9. The van der Waals surface area contributed by atoms with E-state index in [9.17, 15) is 0 Å². The second kappa shape index (κ2) is 5.15. The van der Waals surface area contributed by atoms with Gasteiger partial charge in [0.15, 0.2) is 0 Å². The van der Waals surface area contributed by atoms with Crippen LogP contribution in [0, 0.1) is 6.92 Å². The van der Waals surface area contributed by atoms with Crippen molar-refractivity contribution >= 4 is 5.52 Å². The van der Waals surface area contributed by atoms with Gasteiger partial charge in [-0.05, 0) is 19.1 Å². The summed E-state index contributed by atoms with van der Waals surface area (Å²) in [6.07, 6.45) is 4.16. The second-order valence-electron chi connectivity index (χ2n) is 5.51. The summed E-state index contributed by atoms with van der Waals surface area (Å²) in [5.41, 5.74) is 6.67. The minimum atomic E-state index is 0.988. The van der Waals surface area contributed by atoms with E-state index in [4.69, 9.17) is 4.98 Å². The van der Waals surface area contributed by atoms with Gasteiger partial charge in [-0.15, -0.1) is 0 Å². The molecule has 0 fully saturated rings. The van der Waals surface area contributed by atoms with Gasteiger partial charge in [-0.1, -0.05) is 60.2 Å². The third-order valence-electron chi connectivity index (χ3n) is 3.91. The van der Waals surface area contributed by atoms with Gasteiger partial charge in [0.1, 0.15) is 0 Å². The summed E-state index contributed by atoms with van der Waals surface area (Å²) in [4.78, 5) is 4.92. The van der Waals surface area contributed by atoms with Gasteiger partial charge in [0, 0.05) is 23.5 Å². The molecule has 2 heteroatoms. The smallest absolute Gasteiger partial charge is 0.0950 e. The normalized spacial score (nSPS) is 11.0. The zero-order chi connectivity index (χ0) is 14.9. The lowest BCUT2D eigenvalue weighted by Crippen LogP contribution is -1.94. The van der Waals surface area contributed by atoms with E-state index in [0.717, 1.165) is 28.0 Å². The molecule has 2 aromatic heterocycles. The highest BCUT2D eigenvalue weighted by Crippen LogP contribution is 2.27. The number of hydrogen-bond donors (Lipinski definition) is 0. The Morgan fingerprint density at radius 1 is 0.773 bits per heavy atom. The lowest BCUT2D eigenvalue weighted by Gasteiger charge is -2.09. The van der Waals surface area contributed by atoms with Crippen LogP contribution >= 0.6 is 0 Å². The zero-order valence-corrected chi connectivity index (χ0v) is 12.4. The van der Waals surface area contributed by atoms with Crippen LogP contribution in [0.5, 0.6) is 0 Å². The molecule has 2 nitrogen and oxygen atoms in total. The summed E-state index contributed by atoms with van der Waals surface area (Å²) >= 11 is 0. The molecule has 0 aliphatic heterocycles. The summed E-state index contributed by atoms with van der Waals surface area (Å²) in [7, 11) is 0. The van der Waals surface area contributed by atoms with Crippen molar-refractivity contribution in [2.75, 3.05) is 0 Å². The first-order chi connectivity index (χ1) is 10.8. The van der Waals surface area contributed by atoms with Crippen LogP contribution < -0.4 is 0 Å². The molecular weight excluding hydrogens is 268 g/mol. The van der Waals surface area contributed by atoms with Gasteiger partial charge in [-0.25, -0.2) is 4.98 Å². The molecule has 4 rings (SSSR count). The highest BCUT2D eigenvalue weighted by Gasteiger charge is 2.09. The van der Waals surface area contributed by atoms with Crippen LogP contribution in [0.4, 0.5) is 0 Å². The van der Waals surface area contributed by atoms with E-state index >= 15 is 0 Å². The summed E-state index contributed by atoms with van der Waals surface area (Å²) in [5.74, 6) is 0.